The Labute approximate surface area is 124 Å². The van der Waals surface area contributed by atoms with Gasteiger partial charge in [0.25, 0.3) is 0 Å². The number of rotatable bonds is 7. The second-order valence-electron chi connectivity index (χ2n) is 4.69. The third-order valence-electron chi connectivity index (χ3n) is 3.49. The number of hydrogen-bond donors (Lipinski definition) is 1. The lowest BCUT2D eigenvalue weighted by molar-refractivity contribution is 0.182. The zero-order valence-electron chi connectivity index (χ0n) is 11.7. The van der Waals surface area contributed by atoms with Crippen molar-refractivity contribution in [2.45, 2.75) is 25.4 Å². The molecule has 0 radical (unpaired) electrons. The summed E-state index contributed by atoms with van der Waals surface area (Å²) in [6.45, 7) is 2.51. The Bertz CT molecular complexity index is 403. The molecule has 0 aromatic heterocycles. The molecule has 5 heteroatoms. The Balaban J connectivity index is 2.90. The van der Waals surface area contributed by atoms with E-state index in [1.54, 1.807) is 18.2 Å². The van der Waals surface area contributed by atoms with Gasteiger partial charge >= 0.3 is 0 Å². The van der Waals surface area contributed by atoms with Crippen molar-refractivity contribution in [3.8, 4) is 0 Å². The molecule has 2 nitrogen and oxygen atoms in total. The molecule has 0 saturated heterocycles. The molecule has 2 N–H and O–H groups in total. The SMILES string of the molecule is CSCCC(C)N(C)C(CN)c1cccc(Cl)c1F. The smallest absolute Gasteiger partial charge is 0.146 e. The van der Waals surface area contributed by atoms with Crippen LogP contribution in [-0.4, -0.2) is 36.5 Å². The van der Waals surface area contributed by atoms with Crippen molar-refractivity contribution in [3.63, 3.8) is 0 Å². The Morgan fingerprint density at radius 3 is 2.74 bits per heavy atom. The van der Waals surface area contributed by atoms with E-state index in [2.05, 4.69) is 18.1 Å². The van der Waals surface area contributed by atoms with E-state index in [0.717, 1.165) is 12.2 Å². The van der Waals surface area contributed by atoms with E-state index in [1.165, 1.54) is 0 Å². The van der Waals surface area contributed by atoms with Gasteiger partial charge in [0.05, 0.1) is 5.02 Å². The van der Waals surface area contributed by atoms with Crippen LogP contribution in [0.25, 0.3) is 0 Å². The molecule has 0 heterocycles. The van der Waals surface area contributed by atoms with Crippen molar-refractivity contribution in [2.24, 2.45) is 5.73 Å². The minimum Gasteiger partial charge on any atom is -0.329 e. The number of thioether (sulfide) groups is 1. The van der Waals surface area contributed by atoms with Crippen molar-refractivity contribution < 1.29 is 4.39 Å². The summed E-state index contributed by atoms with van der Waals surface area (Å²) in [7, 11) is 1.99. The van der Waals surface area contributed by atoms with Gasteiger partial charge in [-0.1, -0.05) is 23.7 Å². The summed E-state index contributed by atoms with van der Waals surface area (Å²) in [5.41, 5.74) is 6.41. The predicted octanol–water partition coefficient (Wildman–Crippen LogP) is 3.55. The highest BCUT2D eigenvalue weighted by molar-refractivity contribution is 7.98. The van der Waals surface area contributed by atoms with E-state index < -0.39 is 0 Å². The van der Waals surface area contributed by atoms with Crippen molar-refractivity contribution in [3.05, 3.63) is 34.6 Å². The lowest BCUT2D eigenvalue weighted by Crippen LogP contribution is -2.37. The molecule has 0 spiro atoms. The topological polar surface area (TPSA) is 29.3 Å². The highest BCUT2D eigenvalue weighted by Crippen LogP contribution is 2.28. The van der Waals surface area contributed by atoms with Crippen LogP contribution in [0.3, 0.4) is 0 Å². The van der Waals surface area contributed by atoms with Crippen LogP contribution >= 0.6 is 23.4 Å². The van der Waals surface area contributed by atoms with Gasteiger partial charge < -0.3 is 5.73 Å². The van der Waals surface area contributed by atoms with Crippen molar-refractivity contribution in [1.29, 1.82) is 0 Å². The van der Waals surface area contributed by atoms with Crippen LogP contribution in [0, 0.1) is 5.82 Å². The first-order chi connectivity index (χ1) is 9.02. The fourth-order valence-electron chi connectivity index (χ4n) is 2.09. The highest BCUT2D eigenvalue weighted by atomic mass is 35.5. The molecular formula is C14H22ClFN2S. The average Bonchev–Trinajstić information content (AvgIpc) is 2.41. The Hall–Kier alpha value is -0.290. The Morgan fingerprint density at radius 2 is 2.16 bits per heavy atom. The number of likely N-dealkylation sites (N-methyl/N-ethyl adjacent to an activating group) is 1. The Kier molecular flexibility index (Phi) is 7.15. The van der Waals surface area contributed by atoms with Crippen LogP contribution in [-0.2, 0) is 0 Å². The largest absolute Gasteiger partial charge is 0.329 e. The molecule has 0 aliphatic heterocycles. The van der Waals surface area contributed by atoms with Crippen molar-refractivity contribution in [2.75, 3.05) is 25.6 Å². The number of nitrogens with two attached hydrogens (primary N) is 1. The lowest BCUT2D eigenvalue weighted by Gasteiger charge is -2.33. The van der Waals surface area contributed by atoms with E-state index in [1.807, 2.05) is 18.8 Å². The number of halogens is 2. The molecule has 0 aliphatic rings. The lowest BCUT2D eigenvalue weighted by atomic mass is 10.0. The quantitative estimate of drug-likeness (QED) is 0.835. The van der Waals surface area contributed by atoms with Gasteiger partial charge in [0.1, 0.15) is 5.82 Å². The maximum Gasteiger partial charge on any atom is 0.146 e. The summed E-state index contributed by atoms with van der Waals surface area (Å²) >= 11 is 7.66. The zero-order chi connectivity index (χ0) is 14.4. The van der Waals surface area contributed by atoms with Crippen LogP contribution in [0.2, 0.25) is 5.02 Å². The van der Waals surface area contributed by atoms with Crippen molar-refractivity contribution >= 4 is 23.4 Å². The molecule has 0 aliphatic carbocycles. The predicted molar refractivity (Wildman–Crippen MR) is 83.4 cm³/mol. The van der Waals surface area contributed by atoms with Gasteiger partial charge in [-0.05, 0) is 38.5 Å². The van der Waals surface area contributed by atoms with Gasteiger partial charge in [-0.25, -0.2) is 4.39 Å². The van der Waals surface area contributed by atoms with E-state index in [4.69, 9.17) is 17.3 Å². The molecule has 19 heavy (non-hydrogen) atoms. The first kappa shape index (κ1) is 16.8. The second kappa shape index (κ2) is 8.10. The van der Waals surface area contributed by atoms with Gasteiger partial charge in [-0.15, -0.1) is 0 Å². The van der Waals surface area contributed by atoms with Crippen LogP contribution < -0.4 is 5.73 Å². The zero-order valence-corrected chi connectivity index (χ0v) is 13.3. The highest BCUT2D eigenvalue weighted by Gasteiger charge is 2.23. The molecule has 1 aromatic rings. The van der Waals surface area contributed by atoms with E-state index in [-0.39, 0.29) is 16.9 Å². The number of benzene rings is 1. The minimum absolute atomic E-state index is 0.143. The summed E-state index contributed by atoms with van der Waals surface area (Å²) in [6, 6.07) is 5.29. The summed E-state index contributed by atoms with van der Waals surface area (Å²) in [6.07, 6.45) is 3.14. The van der Waals surface area contributed by atoms with E-state index in [9.17, 15) is 4.39 Å². The Morgan fingerprint density at radius 1 is 1.47 bits per heavy atom. The maximum absolute atomic E-state index is 14.1. The standard InChI is InChI=1S/C14H22ClFN2S/c1-10(7-8-19-3)18(2)13(9-17)11-5-4-6-12(15)14(11)16/h4-6,10,13H,7-9,17H2,1-3H3. The fraction of sp³-hybridized carbons (Fsp3) is 0.571. The first-order valence-electron chi connectivity index (χ1n) is 6.37. The summed E-state index contributed by atoms with van der Waals surface area (Å²) in [4.78, 5) is 2.13. The first-order valence-corrected chi connectivity index (χ1v) is 8.15. The third-order valence-corrected chi connectivity index (χ3v) is 4.43. The molecule has 2 unspecified atom stereocenters. The minimum atomic E-state index is -0.358. The molecule has 0 fully saturated rings. The summed E-state index contributed by atoms with van der Waals surface area (Å²) < 4.78 is 14.1. The summed E-state index contributed by atoms with van der Waals surface area (Å²) in [5, 5.41) is 0.154. The molecule has 1 rings (SSSR count). The molecule has 1 aromatic carbocycles. The van der Waals surface area contributed by atoms with Crippen LogP contribution in [0.5, 0.6) is 0 Å². The average molecular weight is 305 g/mol. The molecule has 2 atom stereocenters. The molecule has 0 bridgehead atoms. The van der Waals surface area contributed by atoms with E-state index in [0.29, 0.717) is 18.2 Å². The van der Waals surface area contributed by atoms with Crippen LogP contribution in [0.15, 0.2) is 18.2 Å². The number of hydrogen-bond acceptors (Lipinski definition) is 3. The van der Waals surface area contributed by atoms with Gasteiger partial charge in [0.15, 0.2) is 0 Å². The second-order valence-corrected chi connectivity index (χ2v) is 6.08. The van der Waals surface area contributed by atoms with E-state index >= 15 is 0 Å². The normalized spacial score (nSPS) is 14.7. The molecule has 0 amide bonds. The molecule has 108 valence electrons. The van der Waals surface area contributed by atoms with Gasteiger partial charge in [0, 0.05) is 24.2 Å². The third kappa shape index (κ3) is 4.35. The van der Waals surface area contributed by atoms with Gasteiger partial charge in [-0.2, -0.15) is 11.8 Å². The van der Waals surface area contributed by atoms with Crippen LogP contribution in [0.4, 0.5) is 4.39 Å². The maximum atomic E-state index is 14.1. The molecule has 0 saturated carbocycles. The summed E-state index contributed by atoms with van der Waals surface area (Å²) in [5.74, 6) is 0.726. The van der Waals surface area contributed by atoms with Gasteiger partial charge in [-0.3, -0.25) is 4.90 Å². The monoisotopic (exact) mass is 304 g/mol. The number of nitrogens with zero attached hydrogens (tertiary/aromatic N) is 1. The van der Waals surface area contributed by atoms with Crippen LogP contribution in [0.1, 0.15) is 24.9 Å². The molecular weight excluding hydrogens is 283 g/mol. The fourth-order valence-corrected chi connectivity index (χ4v) is 2.85. The van der Waals surface area contributed by atoms with Gasteiger partial charge in [0.2, 0.25) is 0 Å². The van der Waals surface area contributed by atoms with Crippen molar-refractivity contribution in [1.82, 2.24) is 4.90 Å².